The third-order valence-corrected chi connectivity index (χ3v) is 5.14. The van der Waals surface area contributed by atoms with Gasteiger partial charge in [-0.1, -0.05) is 0 Å². The van der Waals surface area contributed by atoms with E-state index in [1.807, 2.05) is 18.2 Å². The average Bonchev–Trinajstić information content (AvgIpc) is 2.98. The normalized spacial score (nSPS) is 11.8. The van der Waals surface area contributed by atoms with Crippen molar-refractivity contribution < 1.29 is 12.8 Å². The fourth-order valence-electron chi connectivity index (χ4n) is 1.50. The van der Waals surface area contributed by atoms with Gasteiger partial charge in [-0.15, -0.1) is 11.3 Å². The Morgan fingerprint density at radius 2 is 2.17 bits per heavy atom. The first-order valence-electron chi connectivity index (χ1n) is 5.69. The van der Waals surface area contributed by atoms with Gasteiger partial charge in [0.15, 0.2) is 0 Å². The van der Waals surface area contributed by atoms with E-state index in [9.17, 15) is 8.42 Å². The Bertz CT molecular complexity index is 585. The van der Waals surface area contributed by atoms with Crippen LogP contribution in [0.15, 0.2) is 35.1 Å². The lowest BCUT2D eigenvalue weighted by Crippen LogP contribution is -2.27. The third-order valence-electron chi connectivity index (χ3n) is 2.54. The molecule has 0 radical (unpaired) electrons. The molecule has 6 heteroatoms. The number of rotatable bonds is 6. The molecular weight excluding hydrogens is 270 g/mol. The van der Waals surface area contributed by atoms with Crippen LogP contribution in [0.25, 0.3) is 10.4 Å². The Morgan fingerprint density at radius 1 is 1.33 bits per heavy atom. The monoisotopic (exact) mass is 285 g/mol. The summed E-state index contributed by atoms with van der Waals surface area (Å²) in [6.07, 6.45) is 4.06. The van der Waals surface area contributed by atoms with E-state index in [-0.39, 0.29) is 5.75 Å². The van der Waals surface area contributed by atoms with Crippen molar-refractivity contribution >= 4 is 21.4 Å². The molecule has 0 bridgehead atoms. The molecule has 0 spiro atoms. The molecule has 2 rings (SSSR count). The first-order valence-corrected chi connectivity index (χ1v) is 8.16. The van der Waals surface area contributed by atoms with Crippen LogP contribution < -0.4 is 4.72 Å². The van der Waals surface area contributed by atoms with Crippen molar-refractivity contribution in [2.24, 2.45) is 0 Å². The van der Waals surface area contributed by atoms with Crippen molar-refractivity contribution in [3.05, 3.63) is 35.6 Å². The minimum atomic E-state index is -3.09. The topological polar surface area (TPSA) is 59.3 Å². The fraction of sp³-hybridized carbons (Fsp3) is 0.333. The van der Waals surface area contributed by atoms with Gasteiger partial charge >= 0.3 is 0 Å². The first kappa shape index (κ1) is 13.3. The molecule has 2 aromatic rings. The van der Waals surface area contributed by atoms with Crippen molar-refractivity contribution in [3.63, 3.8) is 0 Å². The van der Waals surface area contributed by atoms with Crippen molar-refractivity contribution in [2.75, 3.05) is 12.3 Å². The summed E-state index contributed by atoms with van der Waals surface area (Å²) in [5.41, 5.74) is 1.06. The average molecular weight is 285 g/mol. The van der Waals surface area contributed by atoms with Crippen LogP contribution in [-0.4, -0.2) is 20.7 Å². The van der Waals surface area contributed by atoms with Crippen LogP contribution in [-0.2, 0) is 16.4 Å². The summed E-state index contributed by atoms with van der Waals surface area (Å²) in [6.45, 7) is 2.08. The van der Waals surface area contributed by atoms with Crippen LogP contribution in [0, 0.1) is 0 Å². The Hall–Kier alpha value is -1.11. The summed E-state index contributed by atoms with van der Waals surface area (Å²) in [7, 11) is -3.09. The molecule has 0 aromatic carbocycles. The molecule has 18 heavy (non-hydrogen) atoms. The summed E-state index contributed by atoms with van der Waals surface area (Å²) in [5, 5.41) is 0. The molecule has 4 nitrogen and oxygen atoms in total. The van der Waals surface area contributed by atoms with Crippen molar-refractivity contribution in [3.8, 4) is 10.4 Å². The molecule has 0 unspecified atom stereocenters. The standard InChI is InChI=1S/C12H15NO3S2/c1-2-18(14,15)13-7-5-11-3-4-12(17-11)10-6-8-16-9-10/h3-4,6,8-9,13H,2,5,7H2,1H3. The molecule has 0 saturated heterocycles. The Labute approximate surface area is 111 Å². The number of hydrogen-bond acceptors (Lipinski definition) is 4. The lowest BCUT2D eigenvalue weighted by Gasteiger charge is -2.02. The van der Waals surface area contributed by atoms with Gasteiger partial charge in [0, 0.05) is 21.9 Å². The fourth-order valence-corrected chi connectivity index (χ4v) is 3.11. The minimum absolute atomic E-state index is 0.123. The maximum atomic E-state index is 11.3. The van der Waals surface area contributed by atoms with Crippen molar-refractivity contribution in [1.82, 2.24) is 4.72 Å². The van der Waals surface area contributed by atoms with E-state index in [2.05, 4.69) is 4.72 Å². The second-order valence-electron chi connectivity index (χ2n) is 3.83. The zero-order valence-corrected chi connectivity index (χ0v) is 11.7. The molecular formula is C12H15NO3S2. The molecule has 0 fully saturated rings. The third kappa shape index (κ3) is 3.44. The molecule has 0 aliphatic carbocycles. The Morgan fingerprint density at radius 3 is 2.83 bits per heavy atom. The van der Waals surface area contributed by atoms with Crippen molar-refractivity contribution in [1.29, 1.82) is 0 Å². The lowest BCUT2D eigenvalue weighted by molar-refractivity contribution is 0.568. The molecule has 1 N–H and O–H groups in total. The number of sulfonamides is 1. The van der Waals surface area contributed by atoms with Gasteiger partial charge in [0.05, 0.1) is 18.3 Å². The lowest BCUT2D eigenvalue weighted by atomic mass is 10.3. The van der Waals surface area contributed by atoms with Crippen LogP contribution in [0.5, 0.6) is 0 Å². The summed E-state index contributed by atoms with van der Waals surface area (Å²) in [6, 6.07) is 5.96. The Balaban J connectivity index is 1.92. The zero-order valence-electron chi connectivity index (χ0n) is 10.0. The van der Waals surface area contributed by atoms with Crippen LogP contribution in [0.1, 0.15) is 11.8 Å². The van der Waals surface area contributed by atoms with Crippen LogP contribution in [0.2, 0.25) is 0 Å². The van der Waals surface area contributed by atoms with Crippen LogP contribution in [0.3, 0.4) is 0 Å². The predicted octanol–water partition coefficient (Wildman–Crippen LogP) is 2.49. The highest BCUT2D eigenvalue weighted by Crippen LogP contribution is 2.28. The van der Waals surface area contributed by atoms with Gasteiger partial charge in [-0.25, -0.2) is 13.1 Å². The van der Waals surface area contributed by atoms with E-state index < -0.39 is 10.0 Å². The molecule has 98 valence electrons. The second-order valence-corrected chi connectivity index (χ2v) is 7.09. The smallest absolute Gasteiger partial charge is 0.211 e. The molecule has 0 amide bonds. The maximum absolute atomic E-state index is 11.3. The summed E-state index contributed by atoms with van der Waals surface area (Å²) in [5.74, 6) is 0.123. The van der Waals surface area contributed by atoms with E-state index in [1.54, 1.807) is 30.8 Å². The summed E-state index contributed by atoms with van der Waals surface area (Å²) < 4.78 is 30.1. The molecule has 0 aliphatic rings. The summed E-state index contributed by atoms with van der Waals surface area (Å²) in [4.78, 5) is 2.29. The Kier molecular flexibility index (Phi) is 4.21. The SMILES string of the molecule is CCS(=O)(=O)NCCc1ccc(-c2ccoc2)s1. The molecule has 0 saturated carbocycles. The quantitative estimate of drug-likeness (QED) is 0.887. The highest BCUT2D eigenvalue weighted by molar-refractivity contribution is 7.89. The number of hydrogen-bond donors (Lipinski definition) is 1. The van der Waals surface area contributed by atoms with Crippen molar-refractivity contribution in [2.45, 2.75) is 13.3 Å². The minimum Gasteiger partial charge on any atom is -0.472 e. The van der Waals surface area contributed by atoms with Gasteiger partial charge in [0.1, 0.15) is 0 Å². The van der Waals surface area contributed by atoms with Gasteiger partial charge in [-0.2, -0.15) is 0 Å². The molecule has 0 atom stereocenters. The zero-order chi connectivity index (χ0) is 13.0. The van der Waals surface area contributed by atoms with Gasteiger partial charge in [-0.05, 0) is 31.5 Å². The predicted molar refractivity (Wildman–Crippen MR) is 73.2 cm³/mol. The summed E-state index contributed by atoms with van der Waals surface area (Å²) >= 11 is 1.65. The largest absolute Gasteiger partial charge is 0.472 e. The highest BCUT2D eigenvalue weighted by Gasteiger charge is 2.07. The van der Waals surface area contributed by atoms with Gasteiger partial charge in [-0.3, -0.25) is 0 Å². The number of furan rings is 1. The second kappa shape index (κ2) is 5.69. The van der Waals surface area contributed by atoms with E-state index in [1.165, 1.54) is 0 Å². The van der Waals surface area contributed by atoms with E-state index in [0.29, 0.717) is 13.0 Å². The van der Waals surface area contributed by atoms with Gasteiger partial charge in [0.2, 0.25) is 10.0 Å². The molecule has 0 aliphatic heterocycles. The van der Waals surface area contributed by atoms with E-state index in [0.717, 1.165) is 15.3 Å². The first-order chi connectivity index (χ1) is 8.61. The van der Waals surface area contributed by atoms with Crippen LogP contribution in [0.4, 0.5) is 0 Å². The molecule has 2 heterocycles. The highest BCUT2D eigenvalue weighted by atomic mass is 32.2. The van der Waals surface area contributed by atoms with E-state index >= 15 is 0 Å². The maximum Gasteiger partial charge on any atom is 0.211 e. The number of thiophene rings is 1. The van der Waals surface area contributed by atoms with Gasteiger partial charge in [0.25, 0.3) is 0 Å². The molecule has 2 aromatic heterocycles. The van der Waals surface area contributed by atoms with Gasteiger partial charge < -0.3 is 4.42 Å². The number of nitrogens with one attached hydrogen (secondary N) is 1. The van der Waals surface area contributed by atoms with Crippen LogP contribution >= 0.6 is 11.3 Å². The van der Waals surface area contributed by atoms with E-state index in [4.69, 9.17) is 4.42 Å².